The molecule has 0 saturated heterocycles. The van der Waals surface area contributed by atoms with Crippen molar-refractivity contribution in [3.63, 3.8) is 0 Å². The fourth-order valence-electron chi connectivity index (χ4n) is 2.90. The highest BCUT2D eigenvalue weighted by molar-refractivity contribution is 5.96. The molecule has 0 aliphatic rings. The molecular formula is C18H26N4O6. The molecule has 0 amide bonds. The summed E-state index contributed by atoms with van der Waals surface area (Å²) >= 11 is 0. The van der Waals surface area contributed by atoms with Crippen molar-refractivity contribution in [3.8, 4) is 17.2 Å². The molecule has 0 atom stereocenters. The third kappa shape index (κ3) is 5.24. The zero-order chi connectivity index (χ0) is 20.5. The van der Waals surface area contributed by atoms with E-state index in [0.29, 0.717) is 47.4 Å². The third-order valence-electron chi connectivity index (χ3n) is 4.17. The Balaban J connectivity index is 2.09. The average Bonchev–Trinajstić information content (AvgIpc) is 2.67. The van der Waals surface area contributed by atoms with Gasteiger partial charge in [0.1, 0.15) is 17.2 Å². The van der Waals surface area contributed by atoms with E-state index >= 15 is 0 Å². The predicted molar refractivity (Wildman–Crippen MR) is 104 cm³/mol. The lowest BCUT2D eigenvalue weighted by Gasteiger charge is -2.16. The fraction of sp³-hybridized carbons (Fsp3) is 0.556. The highest BCUT2D eigenvalue weighted by Crippen LogP contribution is 2.44. The smallest absolute Gasteiger partial charge is 0.294 e. The van der Waals surface area contributed by atoms with Gasteiger partial charge in [-0.1, -0.05) is 12.8 Å². The molecule has 2 aromatic rings. The van der Waals surface area contributed by atoms with E-state index in [-0.39, 0.29) is 6.61 Å². The first-order chi connectivity index (χ1) is 13.5. The Labute approximate surface area is 163 Å². The van der Waals surface area contributed by atoms with Gasteiger partial charge in [0.2, 0.25) is 5.75 Å². The van der Waals surface area contributed by atoms with Gasteiger partial charge in [-0.3, -0.25) is 0 Å². The van der Waals surface area contributed by atoms with Gasteiger partial charge in [0.05, 0.1) is 33.3 Å². The summed E-state index contributed by atoms with van der Waals surface area (Å²) in [5, 5.41) is 13.4. The topological polar surface area (TPSA) is 118 Å². The number of nitrogens with zero attached hydrogens (tertiary/aromatic N) is 3. The van der Waals surface area contributed by atoms with E-state index in [1.54, 1.807) is 21.3 Å². The number of hydrogen-bond donors (Lipinski definition) is 1. The molecule has 0 fully saturated rings. The van der Waals surface area contributed by atoms with Gasteiger partial charge in [0, 0.05) is 6.54 Å². The lowest BCUT2D eigenvalue weighted by atomic mass is 10.1. The van der Waals surface area contributed by atoms with Gasteiger partial charge in [-0.2, -0.15) is 0 Å². The number of anilines is 1. The molecule has 10 heteroatoms. The van der Waals surface area contributed by atoms with Crippen molar-refractivity contribution in [1.29, 1.82) is 0 Å². The number of nitrogens with one attached hydrogen (secondary N) is 1. The number of fused-ring (bicyclic) bond motifs is 1. The molecule has 1 aromatic carbocycles. The van der Waals surface area contributed by atoms with Crippen molar-refractivity contribution in [2.45, 2.75) is 32.6 Å². The number of benzene rings is 1. The highest BCUT2D eigenvalue weighted by atomic mass is 16.9. The Morgan fingerprint density at radius 1 is 1.04 bits per heavy atom. The van der Waals surface area contributed by atoms with E-state index in [0.717, 1.165) is 24.6 Å². The van der Waals surface area contributed by atoms with Crippen LogP contribution in [0, 0.1) is 17.0 Å². The maximum atomic E-state index is 10.1. The lowest BCUT2D eigenvalue weighted by Crippen LogP contribution is -2.07. The third-order valence-corrected chi connectivity index (χ3v) is 4.17. The number of methoxy groups -OCH3 is 3. The standard InChI is InChI=1S/C18H26N4O6/c1-12-20-15-13(11-14(25-2)16(26-3)17(15)27-4)18(21-12)19-9-7-5-6-8-10-28-22(23)24/h11H,5-10H2,1-4H3,(H,19,20,21). The van der Waals surface area contributed by atoms with Crippen molar-refractivity contribution >= 4 is 16.7 Å². The van der Waals surface area contributed by atoms with Crippen LogP contribution in [0.3, 0.4) is 0 Å². The van der Waals surface area contributed by atoms with Crippen molar-refractivity contribution < 1.29 is 24.1 Å². The van der Waals surface area contributed by atoms with Crippen LogP contribution in [0.15, 0.2) is 6.07 Å². The maximum Gasteiger partial charge on any atom is 0.294 e. The molecule has 0 radical (unpaired) electrons. The van der Waals surface area contributed by atoms with E-state index in [2.05, 4.69) is 20.1 Å². The molecule has 1 heterocycles. The Hall–Kier alpha value is -3.04. The van der Waals surface area contributed by atoms with Gasteiger partial charge in [0.15, 0.2) is 11.5 Å². The van der Waals surface area contributed by atoms with Gasteiger partial charge in [0.25, 0.3) is 5.09 Å². The minimum Gasteiger partial charge on any atom is -0.493 e. The summed E-state index contributed by atoms with van der Waals surface area (Å²) in [6, 6.07) is 1.83. The molecule has 0 spiro atoms. The van der Waals surface area contributed by atoms with Gasteiger partial charge >= 0.3 is 0 Å². The molecule has 1 aromatic heterocycles. The van der Waals surface area contributed by atoms with Crippen LogP contribution in [0.4, 0.5) is 5.82 Å². The van der Waals surface area contributed by atoms with Crippen LogP contribution >= 0.6 is 0 Å². The molecule has 0 unspecified atom stereocenters. The van der Waals surface area contributed by atoms with Gasteiger partial charge in [-0.25, -0.2) is 9.97 Å². The number of unbranched alkanes of at least 4 members (excludes halogenated alkanes) is 3. The maximum absolute atomic E-state index is 10.1. The monoisotopic (exact) mass is 394 g/mol. The largest absolute Gasteiger partial charge is 0.493 e. The Morgan fingerprint density at radius 2 is 1.75 bits per heavy atom. The zero-order valence-electron chi connectivity index (χ0n) is 16.6. The molecular weight excluding hydrogens is 368 g/mol. The first-order valence-electron chi connectivity index (χ1n) is 9.00. The van der Waals surface area contributed by atoms with E-state index in [1.807, 2.05) is 13.0 Å². The molecule has 1 N–H and O–H groups in total. The van der Waals surface area contributed by atoms with Crippen LogP contribution in [0.25, 0.3) is 10.9 Å². The zero-order valence-corrected chi connectivity index (χ0v) is 16.6. The quantitative estimate of drug-likeness (QED) is 0.329. The number of aryl methyl sites for hydroxylation is 1. The predicted octanol–water partition coefficient (Wildman–Crippen LogP) is 3.14. The number of rotatable bonds is 12. The molecule has 154 valence electrons. The van der Waals surface area contributed by atoms with Crippen LogP contribution in [-0.4, -0.2) is 49.5 Å². The van der Waals surface area contributed by atoms with E-state index in [4.69, 9.17) is 14.2 Å². The minimum atomic E-state index is -0.762. The molecule has 2 rings (SSSR count). The SMILES string of the molecule is COc1cc2c(NCCCCCCO[N+](=O)[O-])nc(C)nc2c(OC)c1OC. The number of aromatic nitrogens is 2. The summed E-state index contributed by atoms with van der Waals surface area (Å²) in [4.78, 5) is 23.4. The molecule has 0 bridgehead atoms. The first kappa shape index (κ1) is 21.3. The van der Waals surface area contributed by atoms with Crippen LogP contribution in [0.1, 0.15) is 31.5 Å². The van der Waals surface area contributed by atoms with Crippen molar-refractivity contribution in [3.05, 3.63) is 22.0 Å². The summed E-state index contributed by atoms with van der Waals surface area (Å²) in [5.74, 6) is 2.82. The fourth-order valence-corrected chi connectivity index (χ4v) is 2.90. The molecule has 0 aliphatic heterocycles. The highest BCUT2D eigenvalue weighted by Gasteiger charge is 2.20. The Kier molecular flexibility index (Phi) is 7.85. The summed E-state index contributed by atoms with van der Waals surface area (Å²) in [7, 11) is 4.67. The summed E-state index contributed by atoms with van der Waals surface area (Å²) in [5.41, 5.74) is 0.645. The summed E-state index contributed by atoms with van der Waals surface area (Å²) in [6.45, 7) is 2.66. The molecule has 0 aliphatic carbocycles. The Bertz CT molecular complexity index is 814. The second kappa shape index (κ2) is 10.3. The average molecular weight is 394 g/mol. The lowest BCUT2D eigenvalue weighted by molar-refractivity contribution is -0.757. The Morgan fingerprint density at radius 3 is 2.39 bits per heavy atom. The van der Waals surface area contributed by atoms with Crippen LogP contribution in [-0.2, 0) is 4.84 Å². The van der Waals surface area contributed by atoms with Gasteiger partial charge in [-0.05, 0) is 25.8 Å². The minimum absolute atomic E-state index is 0.137. The van der Waals surface area contributed by atoms with Gasteiger partial charge < -0.3 is 24.4 Å². The van der Waals surface area contributed by atoms with Crippen molar-refractivity contribution in [2.24, 2.45) is 0 Å². The van der Waals surface area contributed by atoms with Crippen molar-refractivity contribution in [2.75, 3.05) is 39.8 Å². The molecule has 28 heavy (non-hydrogen) atoms. The van der Waals surface area contributed by atoms with E-state index in [1.165, 1.54) is 0 Å². The second-order valence-corrected chi connectivity index (χ2v) is 6.06. The van der Waals surface area contributed by atoms with Gasteiger partial charge in [-0.15, -0.1) is 10.1 Å². The van der Waals surface area contributed by atoms with Crippen LogP contribution in [0.2, 0.25) is 0 Å². The second-order valence-electron chi connectivity index (χ2n) is 6.06. The molecule has 10 nitrogen and oxygen atoms in total. The van der Waals surface area contributed by atoms with Crippen molar-refractivity contribution in [1.82, 2.24) is 9.97 Å². The first-order valence-corrected chi connectivity index (χ1v) is 9.00. The number of ether oxygens (including phenoxy) is 3. The molecule has 0 saturated carbocycles. The summed E-state index contributed by atoms with van der Waals surface area (Å²) < 4.78 is 16.4. The summed E-state index contributed by atoms with van der Waals surface area (Å²) in [6.07, 6.45) is 3.34. The van der Waals surface area contributed by atoms with Crippen LogP contribution < -0.4 is 19.5 Å². The van der Waals surface area contributed by atoms with Crippen LogP contribution in [0.5, 0.6) is 17.2 Å². The van der Waals surface area contributed by atoms with E-state index < -0.39 is 5.09 Å². The van der Waals surface area contributed by atoms with E-state index in [9.17, 15) is 10.1 Å². The number of hydrogen-bond acceptors (Lipinski definition) is 9. The normalized spacial score (nSPS) is 10.6.